The second kappa shape index (κ2) is 1.37. The molecule has 6 heavy (non-hydrogen) atoms. The Bertz CT molecular complexity index is 115. The predicted octanol–water partition coefficient (Wildman–Crippen LogP) is 0.0657. The Hall–Kier alpha value is -0.400. The first kappa shape index (κ1) is 3.78. The van der Waals surface area contributed by atoms with Gasteiger partial charge in [-0.25, -0.2) is 0 Å². The third kappa shape index (κ3) is 0.559. The van der Waals surface area contributed by atoms with Crippen LogP contribution in [-0.4, -0.2) is 4.75 Å². The minimum atomic E-state index is -1.70. The molecule has 1 aromatic rings. The van der Waals surface area contributed by atoms with Crippen molar-refractivity contribution in [3.05, 3.63) is 12.5 Å². The molecule has 0 aliphatic rings. The van der Waals surface area contributed by atoms with E-state index in [1.807, 2.05) is 0 Å². The van der Waals surface area contributed by atoms with Crippen LogP contribution in [0.1, 0.15) is 0 Å². The fourth-order valence-electron chi connectivity index (χ4n) is 0.188. The summed E-state index contributed by atoms with van der Waals surface area (Å²) in [7, 11) is -1.70. The van der Waals surface area contributed by atoms with Gasteiger partial charge in [0.05, 0.1) is 0 Å². The van der Waals surface area contributed by atoms with E-state index in [0.29, 0.717) is 0 Å². The third-order valence-electron chi connectivity index (χ3n) is 0.373. The molecule has 0 saturated heterocycles. The zero-order valence-corrected chi connectivity index (χ0v) is 3.76. The molecule has 0 fully saturated rings. The second-order valence-electron chi connectivity index (χ2n) is 0.744. The van der Waals surface area contributed by atoms with E-state index in [2.05, 4.69) is 8.94 Å². The van der Waals surface area contributed by atoms with E-state index in [1.165, 1.54) is 12.5 Å². The third-order valence-corrected chi connectivity index (χ3v) is 0.997. The normalized spacial score (nSPS) is 11.8. The SMILES string of the molecule is [O-][p+]1ncco1. The summed E-state index contributed by atoms with van der Waals surface area (Å²) >= 11 is 0. The number of aromatic nitrogens is 1. The molecule has 0 aromatic carbocycles. The number of rotatable bonds is 0. The van der Waals surface area contributed by atoms with Crippen molar-refractivity contribution in [2.45, 2.75) is 0 Å². The summed E-state index contributed by atoms with van der Waals surface area (Å²) in [6, 6.07) is 0. The van der Waals surface area contributed by atoms with Gasteiger partial charge in [0.2, 0.25) is 0 Å². The minimum absolute atomic E-state index is 1.30. The standard InChI is InChI=1S/C2H2NO2P/c4-6-3-1-2-5-6/h1-2H. The molecule has 1 unspecified atom stereocenters. The Balaban J connectivity index is 3.05. The monoisotopic (exact) mass is 103 g/mol. The van der Waals surface area contributed by atoms with Crippen molar-refractivity contribution in [1.29, 1.82) is 0 Å². The summed E-state index contributed by atoms with van der Waals surface area (Å²) in [6.07, 6.45) is 2.68. The molecular formula is C2H2NO2P. The molecule has 0 bridgehead atoms. The maximum Gasteiger partial charge on any atom is 0.398 e. The lowest BCUT2D eigenvalue weighted by Crippen LogP contribution is -1.78. The van der Waals surface area contributed by atoms with Gasteiger partial charge in [0.1, 0.15) is 6.20 Å². The van der Waals surface area contributed by atoms with Crippen molar-refractivity contribution >= 4 is 8.16 Å². The Labute approximate surface area is 35.6 Å². The molecule has 1 rings (SSSR count). The molecule has 32 valence electrons. The zero-order valence-electron chi connectivity index (χ0n) is 2.87. The predicted molar refractivity (Wildman–Crippen MR) is 19.0 cm³/mol. The highest BCUT2D eigenvalue weighted by molar-refractivity contribution is 7.30. The van der Waals surface area contributed by atoms with Gasteiger partial charge in [0.25, 0.3) is 0 Å². The summed E-state index contributed by atoms with van der Waals surface area (Å²) in [6.45, 7) is 0. The van der Waals surface area contributed by atoms with Gasteiger partial charge in [-0.3, -0.25) is 4.20 Å². The van der Waals surface area contributed by atoms with Gasteiger partial charge in [-0.2, -0.15) is 0 Å². The van der Waals surface area contributed by atoms with Crippen LogP contribution in [0.25, 0.3) is 0 Å². The van der Waals surface area contributed by atoms with Gasteiger partial charge >= 0.3 is 8.16 Å². The Kier molecular flexibility index (Phi) is 0.862. The first-order chi connectivity index (χ1) is 2.89. The highest BCUT2D eigenvalue weighted by atomic mass is 31.1. The van der Waals surface area contributed by atoms with Crippen molar-refractivity contribution in [3.8, 4) is 0 Å². The smallest absolute Gasteiger partial charge is 0.398 e. The maximum absolute atomic E-state index is 9.94. The van der Waals surface area contributed by atoms with Gasteiger partial charge in [-0.05, 0) is 4.75 Å². The summed E-state index contributed by atoms with van der Waals surface area (Å²) in [5, 5.41) is 0. The van der Waals surface area contributed by atoms with Gasteiger partial charge < -0.3 is 4.89 Å². The number of hydrogen-bond acceptors (Lipinski definition) is 3. The van der Waals surface area contributed by atoms with Crippen molar-refractivity contribution < 1.29 is 9.09 Å². The highest BCUT2D eigenvalue weighted by Crippen LogP contribution is 2.06. The maximum atomic E-state index is 9.94. The van der Waals surface area contributed by atoms with E-state index in [9.17, 15) is 4.89 Å². The molecule has 0 aliphatic heterocycles. The topological polar surface area (TPSA) is 49.1 Å². The van der Waals surface area contributed by atoms with Crippen molar-refractivity contribution in [2.24, 2.45) is 0 Å². The van der Waals surface area contributed by atoms with Crippen LogP contribution in [0.2, 0.25) is 0 Å². The molecule has 0 radical (unpaired) electrons. The average Bonchev–Trinajstić information content (AvgIpc) is 1.86. The van der Waals surface area contributed by atoms with Gasteiger partial charge in [0, 0.05) is 0 Å². The Morgan fingerprint density at radius 3 is 2.83 bits per heavy atom. The molecule has 0 spiro atoms. The quantitative estimate of drug-likeness (QED) is 0.466. The minimum Gasteiger partial charge on any atom is -0.575 e. The highest BCUT2D eigenvalue weighted by Gasteiger charge is 1.86. The first-order valence-electron chi connectivity index (χ1n) is 1.39. The van der Waals surface area contributed by atoms with Crippen LogP contribution < -0.4 is 4.89 Å². The van der Waals surface area contributed by atoms with E-state index in [4.69, 9.17) is 0 Å². The molecule has 0 N–H and O–H groups in total. The van der Waals surface area contributed by atoms with Crippen molar-refractivity contribution in [1.82, 2.24) is 4.75 Å². The largest absolute Gasteiger partial charge is 0.575 e. The van der Waals surface area contributed by atoms with Crippen molar-refractivity contribution in [2.75, 3.05) is 0 Å². The molecule has 0 saturated carbocycles. The Morgan fingerprint density at radius 1 is 1.83 bits per heavy atom. The van der Waals surface area contributed by atoms with Gasteiger partial charge in [0.15, 0.2) is 6.26 Å². The average molecular weight is 103 g/mol. The molecule has 3 nitrogen and oxygen atoms in total. The molecule has 1 atom stereocenters. The van der Waals surface area contributed by atoms with Crippen LogP contribution in [-0.2, 0) is 0 Å². The van der Waals surface area contributed by atoms with E-state index < -0.39 is 8.16 Å². The van der Waals surface area contributed by atoms with E-state index >= 15 is 0 Å². The fourth-order valence-corrected chi connectivity index (χ4v) is 0.564. The molecule has 0 aliphatic carbocycles. The summed E-state index contributed by atoms with van der Waals surface area (Å²) in [5.41, 5.74) is 0. The van der Waals surface area contributed by atoms with E-state index in [1.54, 1.807) is 0 Å². The fraction of sp³-hybridized carbons (Fsp3) is 0. The number of nitrogens with zero attached hydrogens (tertiary/aromatic N) is 1. The zero-order chi connectivity index (χ0) is 4.41. The van der Waals surface area contributed by atoms with Crippen molar-refractivity contribution in [3.63, 3.8) is 0 Å². The lowest BCUT2D eigenvalue weighted by atomic mass is 11.0. The molecule has 1 aromatic heterocycles. The van der Waals surface area contributed by atoms with Gasteiger partial charge in [-0.15, -0.1) is 0 Å². The molecule has 0 amide bonds. The summed E-state index contributed by atoms with van der Waals surface area (Å²) < 4.78 is 7.66. The molecule has 1 heterocycles. The summed E-state index contributed by atoms with van der Waals surface area (Å²) in [4.78, 5) is 9.94. The van der Waals surface area contributed by atoms with Crippen LogP contribution in [0, 0.1) is 0 Å². The van der Waals surface area contributed by atoms with Gasteiger partial charge in [-0.1, -0.05) is 0 Å². The lowest BCUT2D eigenvalue weighted by Gasteiger charge is -1.64. The lowest BCUT2D eigenvalue weighted by molar-refractivity contribution is -0.162. The van der Waals surface area contributed by atoms with E-state index in [-0.39, 0.29) is 0 Å². The molecular weight excluding hydrogens is 101 g/mol. The van der Waals surface area contributed by atoms with Crippen LogP contribution in [0.4, 0.5) is 0 Å². The van der Waals surface area contributed by atoms with Crippen LogP contribution in [0.5, 0.6) is 0 Å². The molecule has 4 heteroatoms. The van der Waals surface area contributed by atoms with E-state index in [0.717, 1.165) is 0 Å². The van der Waals surface area contributed by atoms with Crippen LogP contribution in [0.3, 0.4) is 0 Å². The van der Waals surface area contributed by atoms with Crippen LogP contribution >= 0.6 is 8.16 Å². The Morgan fingerprint density at radius 2 is 2.67 bits per heavy atom. The number of hydrogen-bond donors (Lipinski definition) is 0. The second-order valence-corrected chi connectivity index (χ2v) is 1.66. The first-order valence-corrected chi connectivity index (χ1v) is 2.52. The summed E-state index contributed by atoms with van der Waals surface area (Å²) in [5.74, 6) is 0. The van der Waals surface area contributed by atoms with Crippen LogP contribution in [0.15, 0.2) is 16.7 Å².